The van der Waals surface area contributed by atoms with E-state index in [1.807, 2.05) is 20.8 Å². The van der Waals surface area contributed by atoms with E-state index < -0.39 is 0 Å². The molecule has 0 aliphatic heterocycles. The molecule has 2 nitrogen and oxygen atoms in total. The average molecular weight is 140 g/mol. The Labute approximate surface area is 61.2 Å². The third kappa shape index (κ3) is 6.99. The Morgan fingerprint density at radius 3 is 2.40 bits per heavy atom. The van der Waals surface area contributed by atoms with Gasteiger partial charge in [-0.05, 0) is 20.8 Å². The van der Waals surface area contributed by atoms with Crippen molar-refractivity contribution in [3.63, 3.8) is 0 Å². The topological polar surface area (TPSA) is 26.3 Å². The molecular weight excluding hydrogens is 128 g/mol. The molecule has 0 heterocycles. The van der Waals surface area contributed by atoms with E-state index in [1.165, 1.54) is 12.3 Å². The molecular formula is C8H12O2. The fourth-order valence-corrected chi connectivity index (χ4v) is 0.289. The molecule has 0 N–H and O–H groups in total. The summed E-state index contributed by atoms with van der Waals surface area (Å²) in [5.74, 6) is 0. The van der Waals surface area contributed by atoms with Crippen LogP contribution in [-0.4, -0.2) is 11.9 Å². The molecule has 0 aliphatic rings. The van der Waals surface area contributed by atoms with Gasteiger partial charge in [-0.1, -0.05) is 5.73 Å². The van der Waals surface area contributed by atoms with E-state index in [0.717, 1.165) is 0 Å². The van der Waals surface area contributed by atoms with Crippen molar-refractivity contribution in [3.8, 4) is 0 Å². The maximum Gasteiger partial charge on any atom is 0.150 e. The molecule has 56 valence electrons. The lowest BCUT2D eigenvalue weighted by Crippen LogP contribution is -2.14. The summed E-state index contributed by atoms with van der Waals surface area (Å²) in [6.07, 6.45) is 3.29. The van der Waals surface area contributed by atoms with Gasteiger partial charge in [-0.2, -0.15) is 0 Å². The quantitative estimate of drug-likeness (QED) is 0.252. The summed E-state index contributed by atoms with van der Waals surface area (Å²) in [6, 6.07) is 0. The van der Waals surface area contributed by atoms with Crippen molar-refractivity contribution >= 4 is 6.29 Å². The summed E-state index contributed by atoms with van der Waals surface area (Å²) in [5.41, 5.74) is 2.35. The molecule has 0 atom stereocenters. The van der Waals surface area contributed by atoms with E-state index in [-0.39, 0.29) is 5.60 Å². The SMILES string of the molecule is CC(C)(C)OC=C=CC=O. The molecule has 0 aromatic rings. The van der Waals surface area contributed by atoms with E-state index in [2.05, 4.69) is 5.73 Å². The summed E-state index contributed by atoms with van der Waals surface area (Å²) < 4.78 is 5.11. The first kappa shape index (κ1) is 8.99. The van der Waals surface area contributed by atoms with Crippen LogP contribution in [0.4, 0.5) is 0 Å². The van der Waals surface area contributed by atoms with Crippen molar-refractivity contribution in [2.24, 2.45) is 0 Å². The van der Waals surface area contributed by atoms with Gasteiger partial charge in [-0.25, -0.2) is 0 Å². The lowest BCUT2D eigenvalue weighted by molar-refractivity contribution is -0.104. The lowest BCUT2D eigenvalue weighted by atomic mass is 10.2. The van der Waals surface area contributed by atoms with Crippen LogP contribution in [0.3, 0.4) is 0 Å². The molecule has 2 heteroatoms. The summed E-state index contributed by atoms with van der Waals surface area (Å²) in [7, 11) is 0. The van der Waals surface area contributed by atoms with E-state index in [1.54, 1.807) is 0 Å². The minimum Gasteiger partial charge on any atom is -0.488 e. The highest BCUT2D eigenvalue weighted by atomic mass is 16.5. The second kappa shape index (κ2) is 3.91. The molecule has 0 amide bonds. The van der Waals surface area contributed by atoms with Gasteiger partial charge < -0.3 is 4.74 Å². The van der Waals surface area contributed by atoms with Crippen molar-refractivity contribution in [2.75, 3.05) is 0 Å². The van der Waals surface area contributed by atoms with Gasteiger partial charge in [-0.15, -0.1) is 0 Å². The molecule has 10 heavy (non-hydrogen) atoms. The maximum atomic E-state index is 9.74. The fraction of sp³-hybridized carbons (Fsp3) is 0.500. The Kier molecular flexibility index (Phi) is 3.52. The van der Waals surface area contributed by atoms with Gasteiger partial charge in [0.25, 0.3) is 0 Å². The van der Waals surface area contributed by atoms with Crippen LogP contribution in [0.1, 0.15) is 20.8 Å². The Hall–Kier alpha value is -1.01. The molecule has 0 bridgehead atoms. The number of carbonyl (C=O) groups excluding carboxylic acids is 1. The van der Waals surface area contributed by atoms with Crippen LogP contribution in [0.2, 0.25) is 0 Å². The molecule has 0 unspecified atom stereocenters. The third-order valence-electron chi connectivity index (χ3n) is 0.645. The molecule has 0 spiro atoms. The molecule has 0 saturated heterocycles. The lowest BCUT2D eigenvalue weighted by Gasteiger charge is -2.16. The Balaban J connectivity index is 3.74. The molecule has 0 rings (SSSR count). The first-order valence-electron chi connectivity index (χ1n) is 3.09. The van der Waals surface area contributed by atoms with Gasteiger partial charge in [0.05, 0.1) is 0 Å². The highest BCUT2D eigenvalue weighted by Gasteiger charge is 2.06. The summed E-state index contributed by atoms with van der Waals surface area (Å²) in [5, 5.41) is 0. The first-order valence-corrected chi connectivity index (χ1v) is 3.09. The zero-order chi connectivity index (χ0) is 8.04. The van der Waals surface area contributed by atoms with Gasteiger partial charge in [-0.3, -0.25) is 4.79 Å². The van der Waals surface area contributed by atoms with Crippen LogP contribution >= 0.6 is 0 Å². The standard InChI is InChI=1S/C8H12O2/c1-8(2,3)10-7-5-4-6-9/h4,6-7H,1-3H3. The van der Waals surface area contributed by atoms with Crippen LogP contribution < -0.4 is 0 Å². The first-order chi connectivity index (χ1) is 4.56. The number of rotatable bonds is 2. The second-order valence-corrected chi connectivity index (χ2v) is 2.82. The predicted octanol–water partition coefficient (Wildman–Crippen LogP) is 1.67. The number of allylic oxidation sites excluding steroid dienone is 1. The largest absolute Gasteiger partial charge is 0.488 e. The smallest absolute Gasteiger partial charge is 0.150 e. The van der Waals surface area contributed by atoms with Crippen molar-refractivity contribution in [3.05, 3.63) is 18.1 Å². The normalized spacial score (nSPS) is 9.50. The minimum absolute atomic E-state index is 0.205. The number of aldehydes is 1. The Bertz CT molecular complexity index is 157. The van der Waals surface area contributed by atoms with Crippen LogP contribution in [0.5, 0.6) is 0 Å². The van der Waals surface area contributed by atoms with Crippen LogP contribution in [0, 0.1) is 0 Å². The van der Waals surface area contributed by atoms with E-state index in [9.17, 15) is 4.79 Å². The van der Waals surface area contributed by atoms with Crippen LogP contribution in [-0.2, 0) is 9.53 Å². The Morgan fingerprint density at radius 2 is 2.00 bits per heavy atom. The highest BCUT2D eigenvalue weighted by molar-refractivity contribution is 5.64. The summed E-state index contributed by atoms with van der Waals surface area (Å²) >= 11 is 0. The van der Waals surface area contributed by atoms with Gasteiger partial charge in [0.1, 0.15) is 11.9 Å². The second-order valence-electron chi connectivity index (χ2n) is 2.82. The molecule has 0 saturated carbocycles. The van der Waals surface area contributed by atoms with Gasteiger partial charge in [0.2, 0.25) is 0 Å². The monoisotopic (exact) mass is 140 g/mol. The Morgan fingerprint density at radius 1 is 1.40 bits per heavy atom. The fourth-order valence-electron chi connectivity index (χ4n) is 0.289. The van der Waals surface area contributed by atoms with E-state index >= 15 is 0 Å². The minimum atomic E-state index is -0.205. The summed E-state index contributed by atoms with van der Waals surface area (Å²) in [6.45, 7) is 5.77. The molecule has 0 aromatic carbocycles. The van der Waals surface area contributed by atoms with Crippen molar-refractivity contribution < 1.29 is 9.53 Å². The highest BCUT2D eigenvalue weighted by Crippen LogP contribution is 2.05. The van der Waals surface area contributed by atoms with Gasteiger partial charge >= 0.3 is 0 Å². The van der Waals surface area contributed by atoms with Crippen molar-refractivity contribution in [2.45, 2.75) is 26.4 Å². The number of hydrogen-bond acceptors (Lipinski definition) is 2. The van der Waals surface area contributed by atoms with Crippen LogP contribution in [0.25, 0.3) is 0 Å². The van der Waals surface area contributed by atoms with Gasteiger partial charge in [0.15, 0.2) is 6.29 Å². The number of carbonyl (C=O) groups is 1. The number of ether oxygens (including phenoxy) is 1. The molecule has 0 aliphatic carbocycles. The summed E-state index contributed by atoms with van der Waals surface area (Å²) in [4.78, 5) is 9.74. The van der Waals surface area contributed by atoms with E-state index in [4.69, 9.17) is 4.74 Å². The zero-order valence-corrected chi connectivity index (χ0v) is 6.55. The molecule has 0 aromatic heterocycles. The molecule has 0 fully saturated rings. The number of hydrogen-bond donors (Lipinski definition) is 0. The van der Waals surface area contributed by atoms with E-state index in [0.29, 0.717) is 6.29 Å². The third-order valence-corrected chi connectivity index (χ3v) is 0.645. The van der Waals surface area contributed by atoms with Gasteiger partial charge in [0, 0.05) is 6.08 Å². The molecule has 0 radical (unpaired) electrons. The van der Waals surface area contributed by atoms with Crippen LogP contribution in [0.15, 0.2) is 18.1 Å². The average Bonchev–Trinajstić information content (AvgIpc) is 1.78. The van der Waals surface area contributed by atoms with Crippen molar-refractivity contribution in [1.82, 2.24) is 0 Å². The maximum absolute atomic E-state index is 9.74. The van der Waals surface area contributed by atoms with Crippen molar-refractivity contribution in [1.29, 1.82) is 0 Å². The zero-order valence-electron chi connectivity index (χ0n) is 6.55. The predicted molar refractivity (Wildman–Crippen MR) is 39.6 cm³/mol.